The number of piperidine rings is 1. The Bertz CT molecular complexity index is 1460. The molecule has 2 aromatic heterocycles. The number of aryl methyl sites for hydroxylation is 3. The Morgan fingerprint density at radius 3 is 2.73 bits per heavy atom. The second kappa shape index (κ2) is 12.7. The summed E-state index contributed by atoms with van der Waals surface area (Å²) in [6.45, 7) is 7.17. The monoisotopic (exact) mass is 568 g/mol. The van der Waals surface area contributed by atoms with Crippen LogP contribution in [0.4, 0.5) is 10.7 Å². The van der Waals surface area contributed by atoms with Crippen LogP contribution >= 0.6 is 0 Å². The number of nitrogens with two attached hydrogens (primary N) is 1. The molecule has 3 heterocycles. The molecule has 0 bridgehead atoms. The van der Waals surface area contributed by atoms with Gasteiger partial charge in [-0.15, -0.1) is 0 Å². The first-order valence-corrected chi connectivity index (χ1v) is 13.6. The normalized spacial score (nSPS) is 15.7. The van der Waals surface area contributed by atoms with Crippen LogP contribution < -0.4 is 26.4 Å². The molecule has 2 atom stereocenters. The van der Waals surface area contributed by atoms with Crippen LogP contribution in [0.3, 0.4) is 0 Å². The molecule has 0 aliphatic carbocycles. The summed E-state index contributed by atoms with van der Waals surface area (Å²) in [7, 11) is 1.46. The quantitative estimate of drug-likeness (QED) is 0.253. The Balaban J connectivity index is 1.50. The summed E-state index contributed by atoms with van der Waals surface area (Å²) in [6, 6.07) is 4.75. The number of benzene rings is 1. The fourth-order valence-electron chi connectivity index (χ4n) is 4.92. The summed E-state index contributed by atoms with van der Waals surface area (Å²) in [4.78, 5) is 53.7. The highest BCUT2D eigenvalue weighted by molar-refractivity contribution is 6.04. The standard InChI is InChI=1S/C27H36N8O6/c1-5-35-20(11-15(2)33-35)25(38)32-26-31-19-12-18(24(28)37)13-21(40-4)23(19)34(26)10-6-8-30-27(39)41-16(3)17-7-9-29-22(36)14-17/h11-13,16-17H,5-10,14H2,1-4H3,(H2,28,37)(H,29,36)(H,30,39)(H,31,32,38). The minimum Gasteiger partial charge on any atom is -0.494 e. The van der Waals surface area contributed by atoms with Crippen molar-refractivity contribution < 1.29 is 28.7 Å². The average molecular weight is 569 g/mol. The molecule has 1 aromatic carbocycles. The number of alkyl carbamates (subject to hydrolysis) is 1. The Morgan fingerprint density at radius 1 is 1.27 bits per heavy atom. The number of fused-ring (bicyclic) bond motifs is 1. The van der Waals surface area contributed by atoms with Crippen LogP contribution in [0, 0.1) is 12.8 Å². The van der Waals surface area contributed by atoms with Gasteiger partial charge in [-0.1, -0.05) is 0 Å². The van der Waals surface area contributed by atoms with E-state index in [2.05, 4.69) is 26.0 Å². The molecule has 4 rings (SSSR count). The lowest BCUT2D eigenvalue weighted by molar-refractivity contribution is -0.124. The van der Waals surface area contributed by atoms with Gasteiger partial charge in [-0.05, 0) is 51.8 Å². The van der Waals surface area contributed by atoms with Crippen LogP contribution in [-0.2, 0) is 22.6 Å². The number of nitrogens with one attached hydrogen (secondary N) is 3. The number of rotatable bonds is 11. The number of ether oxygens (including phenoxy) is 2. The first-order valence-electron chi connectivity index (χ1n) is 13.6. The van der Waals surface area contributed by atoms with Crippen LogP contribution in [0.2, 0.25) is 0 Å². The number of hydrogen-bond donors (Lipinski definition) is 4. The van der Waals surface area contributed by atoms with E-state index in [9.17, 15) is 19.2 Å². The van der Waals surface area contributed by atoms with Gasteiger partial charge in [0, 0.05) is 44.1 Å². The molecule has 14 nitrogen and oxygen atoms in total. The molecule has 2 unspecified atom stereocenters. The van der Waals surface area contributed by atoms with Gasteiger partial charge in [0.1, 0.15) is 23.1 Å². The number of anilines is 1. The second-order valence-corrected chi connectivity index (χ2v) is 9.93. The lowest BCUT2D eigenvalue weighted by Gasteiger charge is -2.27. The van der Waals surface area contributed by atoms with Crippen molar-refractivity contribution in [3.05, 3.63) is 35.2 Å². The Labute approximate surface area is 236 Å². The Hall–Kier alpha value is -4.62. The van der Waals surface area contributed by atoms with Crippen LogP contribution in [0.5, 0.6) is 5.75 Å². The maximum Gasteiger partial charge on any atom is 0.407 e. The number of carbonyl (C=O) groups excluding carboxylic acids is 4. The van der Waals surface area contributed by atoms with E-state index in [1.54, 1.807) is 29.2 Å². The van der Waals surface area contributed by atoms with Gasteiger partial charge in [0.15, 0.2) is 0 Å². The van der Waals surface area contributed by atoms with E-state index in [0.29, 0.717) is 60.6 Å². The van der Waals surface area contributed by atoms with E-state index in [1.165, 1.54) is 19.2 Å². The summed E-state index contributed by atoms with van der Waals surface area (Å²) in [5, 5.41) is 12.7. The number of carbonyl (C=O) groups is 4. The lowest BCUT2D eigenvalue weighted by atomic mass is 9.93. The van der Waals surface area contributed by atoms with E-state index in [1.807, 2.05) is 6.92 Å². The molecule has 0 spiro atoms. The number of hydrogen-bond acceptors (Lipinski definition) is 8. The van der Waals surface area contributed by atoms with Crippen molar-refractivity contribution in [3.63, 3.8) is 0 Å². The van der Waals surface area contributed by atoms with Gasteiger partial charge in [-0.2, -0.15) is 5.10 Å². The molecule has 4 amide bonds. The highest BCUT2D eigenvalue weighted by Crippen LogP contribution is 2.31. The van der Waals surface area contributed by atoms with Crippen LogP contribution in [0.15, 0.2) is 18.2 Å². The van der Waals surface area contributed by atoms with E-state index < -0.39 is 24.0 Å². The van der Waals surface area contributed by atoms with E-state index >= 15 is 0 Å². The van der Waals surface area contributed by atoms with Crippen molar-refractivity contribution in [3.8, 4) is 5.75 Å². The van der Waals surface area contributed by atoms with E-state index in [-0.39, 0.29) is 29.9 Å². The van der Waals surface area contributed by atoms with Crippen LogP contribution in [0.1, 0.15) is 59.7 Å². The number of primary amides is 1. The lowest BCUT2D eigenvalue weighted by Crippen LogP contribution is -2.40. The Kier molecular flexibility index (Phi) is 9.10. The molecule has 1 fully saturated rings. The zero-order valence-corrected chi connectivity index (χ0v) is 23.7. The second-order valence-electron chi connectivity index (χ2n) is 9.93. The Morgan fingerprint density at radius 2 is 2.05 bits per heavy atom. The molecule has 1 aliphatic heterocycles. The summed E-state index contributed by atoms with van der Waals surface area (Å²) >= 11 is 0. The topological polar surface area (TPSA) is 184 Å². The zero-order chi connectivity index (χ0) is 29.7. The minimum absolute atomic E-state index is 0.0245. The number of aromatic nitrogens is 4. The number of amides is 4. The van der Waals surface area contributed by atoms with Gasteiger partial charge in [-0.25, -0.2) is 9.78 Å². The minimum atomic E-state index is -0.640. The largest absolute Gasteiger partial charge is 0.494 e. The fraction of sp³-hybridized carbons (Fsp3) is 0.481. The third kappa shape index (κ3) is 6.76. The molecular weight excluding hydrogens is 532 g/mol. The molecule has 0 radical (unpaired) electrons. The molecule has 1 saturated heterocycles. The third-order valence-electron chi connectivity index (χ3n) is 7.04. The van der Waals surface area contributed by atoms with Crippen molar-refractivity contribution in [2.75, 3.05) is 25.5 Å². The summed E-state index contributed by atoms with van der Waals surface area (Å²) in [5.41, 5.74) is 7.76. The average Bonchev–Trinajstić information content (AvgIpc) is 3.49. The molecule has 3 aromatic rings. The molecular formula is C27H36N8O6. The van der Waals surface area contributed by atoms with Crippen molar-refractivity contribution in [2.24, 2.45) is 11.7 Å². The first-order chi connectivity index (χ1) is 19.6. The molecule has 0 saturated carbocycles. The third-order valence-corrected chi connectivity index (χ3v) is 7.04. The van der Waals surface area contributed by atoms with Crippen molar-refractivity contribution in [1.29, 1.82) is 0 Å². The molecule has 41 heavy (non-hydrogen) atoms. The highest BCUT2D eigenvalue weighted by Gasteiger charge is 2.27. The zero-order valence-electron chi connectivity index (χ0n) is 23.7. The SMILES string of the molecule is CCn1nc(C)cc1C(=O)Nc1nc2cc(C(N)=O)cc(OC)c2n1CCCNC(=O)OC(C)C1CCNC(=O)C1. The summed E-state index contributed by atoms with van der Waals surface area (Å²) in [6.07, 6.45) is 0.564. The maximum absolute atomic E-state index is 13.2. The predicted molar refractivity (Wildman–Crippen MR) is 150 cm³/mol. The van der Waals surface area contributed by atoms with Crippen molar-refractivity contribution in [1.82, 2.24) is 30.0 Å². The fourth-order valence-corrected chi connectivity index (χ4v) is 4.92. The molecule has 1 aliphatic rings. The number of nitrogens with zero attached hydrogens (tertiary/aromatic N) is 4. The van der Waals surface area contributed by atoms with Gasteiger partial charge in [0.2, 0.25) is 17.8 Å². The predicted octanol–water partition coefficient (Wildman–Crippen LogP) is 1.95. The van der Waals surface area contributed by atoms with Gasteiger partial charge in [-0.3, -0.25) is 24.4 Å². The van der Waals surface area contributed by atoms with Crippen LogP contribution in [-0.4, -0.2) is 69.4 Å². The number of imidazole rings is 1. The van der Waals surface area contributed by atoms with Gasteiger partial charge >= 0.3 is 6.09 Å². The van der Waals surface area contributed by atoms with Crippen molar-refractivity contribution in [2.45, 2.75) is 59.2 Å². The molecule has 14 heteroatoms. The van der Waals surface area contributed by atoms with Gasteiger partial charge < -0.3 is 30.4 Å². The van der Waals surface area contributed by atoms with Crippen molar-refractivity contribution >= 4 is 40.8 Å². The van der Waals surface area contributed by atoms with Crippen LogP contribution in [0.25, 0.3) is 11.0 Å². The smallest absolute Gasteiger partial charge is 0.407 e. The highest BCUT2D eigenvalue weighted by atomic mass is 16.6. The van der Waals surface area contributed by atoms with Gasteiger partial charge in [0.25, 0.3) is 5.91 Å². The number of methoxy groups -OCH3 is 1. The summed E-state index contributed by atoms with van der Waals surface area (Å²) < 4.78 is 14.4. The van der Waals surface area contributed by atoms with Gasteiger partial charge in [0.05, 0.1) is 18.3 Å². The van der Waals surface area contributed by atoms with E-state index in [0.717, 1.165) is 6.42 Å². The molecule has 5 N–H and O–H groups in total. The first kappa shape index (κ1) is 29.4. The van der Waals surface area contributed by atoms with E-state index in [4.69, 9.17) is 15.2 Å². The molecule has 220 valence electrons. The maximum atomic E-state index is 13.2. The summed E-state index contributed by atoms with van der Waals surface area (Å²) in [5.74, 6) is -0.512.